The lowest BCUT2D eigenvalue weighted by Crippen LogP contribution is -2.25. The van der Waals surface area contributed by atoms with Gasteiger partial charge in [0.05, 0.1) is 6.10 Å². The highest BCUT2D eigenvalue weighted by molar-refractivity contribution is 4.77. The number of hydrogen-bond donors (Lipinski definition) is 1. The summed E-state index contributed by atoms with van der Waals surface area (Å²) in [6, 6.07) is 0. The van der Waals surface area contributed by atoms with Crippen LogP contribution in [-0.2, 0) is 4.74 Å². The van der Waals surface area contributed by atoms with Crippen molar-refractivity contribution in [2.75, 3.05) is 13.2 Å². The minimum Gasteiger partial charge on any atom is -0.396 e. The van der Waals surface area contributed by atoms with Gasteiger partial charge in [0.15, 0.2) is 0 Å². The molecule has 1 fully saturated rings. The SMILES string of the molecule is CC(C)CCCC(C)CCCC1CCC(CO)C(C)C1.CC(C)CCOC(C)C. The van der Waals surface area contributed by atoms with Crippen molar-refractivity contribution < 1.29 is 9.84 Å². The second-order valence-electron chi connectivity index (χ2n) is 11.1. The molecule has 4 atom stereocenters. The van der Waals surface area contributed by atoms with Crippen molar-refractivity contribution in [3.8, 4) is 0 Å². The molecule has 1 aliphatic rings. The number of aliphatic hydroxyl groups excluding tert-OH is 1. The van der Waals surface area contributed by atoms with Gasteiger partial charge in [-0.25, -0.2) is 0 Å². The summed E-state index contributed by atoms with van der Waals surface area (Å²) in [6.45, 7) is 19.3. The lowest BCUT2D eigenvalue weighted by molar-refractivity contribution is 0.0710. The minimum atomic E-state index is 0.392. The number of hydrogen-bond acceptors (Lipinski definition) is 2. The first-order valence-electron chi connectivity index (χ1n) is 12.9. The van der Waals surface area contributed by atoms with E-state index in [0.29, 0.717) is 18.6 Å². The number of rotatable bonds is 13. The molecule has 2 heteroatoms. The normalized spacial score (nSPS) is 23.4. The first-order valence-corrected chi connectivity index (χ1v) is 12.9. The summed E-state index contributed by atoms with van der Waals surface area (Å²) in [6.07, 6.45) is 14.0. The molecular formula is C27H56O2. The number of ether oxygens (including phenoxy) is 1. The highest BCUT2D eigenvalue weighted by Crippen LogP contribution is 2.36. The Labute approximate surface area is 184 Å². The summed E-state index contributed by atoms with van der Waals surface area (Å²) in [5, 5.41) is 9.32. The molecular weight excluding hydrogens is 356 g/mol. The van der Waals surface area contributed by atoms with Gasteiger partial charge in [-0.05, 0) is 68.6 Å². The Morgan fingerprint density at radius 1 is 0.828 bits per heavy atom. The molecule has 0 radical (unpaired) electrons. The Kier molecular flexibility index (Phi) is 17.5. The van der Waals surface area contributed by atoms with Gasteiger partial charge in [-0.2, -0.15) is 0 Å². The topological polar surface area (TPSA) is 29.5 Å². The molecule has 0 amide bonds. The summed E-state index contributed by atoms with van der Waals surface area (Å²) in [5.41, 5.74) is 0. The monoisotopic (exact) mass is 412 g/mol. The number of aliphatic hydroxyl groups is 1. The van der Waals surface area contributed by atoms with Crippen LogP contribution in [0.3, 0.4) is 0 Å². The first kappa shape index (κ1) is 28.9. The van der Waals surface area contributed by atoms with Crippen molar-refractivity contribution in [3.05, 3.63) is 0 Å². The fourth-order valence-corrected chi connectivity index (χ4v) is 4.42. The molecule has 1 aliphatic carbocycles. The molecule has 1 rings (SSSR count). The van der Waals surface area contributed by atoms with Crippen molar-refractivity contribution in [2.45, 2.75) is 126 Å². The Balaban J connectivity index is 0.000000734. The predicted octanol–water partition coefficient (Wildman–Crippen LogP) is 8.12. The van der Waals surface area contributed by atoms with Crippen molar-refractivity contribution in [2.24, 2.45) is 35.5 Å². The van der Waals surface area contributed by atoms with Crippen LogP contribution in [0.25, 0.3) is 0 Å². The molecule has 0 aliphatic heterocycles. The van der Waals surface area contributed by atoms with Gasteiger partial charge in [0.1, 0.15) is 0 Å². The lowest BCUT2D eigenvalue weighted by Gasteiger charge is -2.33. The summed E-state index contributed by atoms with van der Waals surface area (Å²) in [4.78, 5) is 0. The van der Waals surface area contributed by atoms with Crippen LogP contribution in [0.1, 0.15) is 120 Å². The zero-order chi connectivity index (χ0) is 22.2. The second-order valence-corrected chi connectivity index (χ2v) is 11.1. The summed E-state index contributed by atoms with van der Waals surface area (Å²) in [5.74, 6) is 4.81. The molecule has 0 bridgehead atoms. The average Bonchev–Trinajstić information content (AvgIpc) is 2.61. The van der Waals surface area contributed by atoms with Gasteiger partial charge in [0.2, 0.25) is 0 Å². The second kappa shape index (κ2) is 17.6. The molecule has 2 nitrogen and oxygen atoms in total. The Bertz CT molecular complexity index is 342. The predicted molar refractivity (Wildman–Crippen MR) is 129 cm³/mol. The molecule has 4 unspecified atom stereocenters. The van der Waals surface area contributed by atoms with Gasteiger partial charge >= 0.3 is 0 Å². The maximum Gasteiger partial charge on any atom is 0.0518 e. The van der Waals surface area contributed by atoms with E-state index in [1.54, 1.807) is 0 Å². The molecule has 0 aromatic carbocycles. The molecule has 0 spiro atoms. The third-order valence-corrected chi connectivity index (χ3v) is 6.62. The third-order valence-electron chi connectivity index (χ3n) is 6.62. The van der Waals surface area contributed by atoms with E-state index in [2.05, 4.69) is 55.4 Å². The highest BCUT2D eigenvalue weighted by atomic mass is 16.5. The van der Waals surface area contributed by atoms with E-state index in [1.807, 2.05) is 0 Å². The molecule has 0 aromatic heterocycles. The van der Waals surface area contributed by atoms with Gasteiger partial charge in [-0.15, -0.1) is 0 Å². The van der Waals surface area contributed by atoms with Crippen LogP contribution < -0.4 is 0 Å². The van der Waals surface area contributed by atoms with Gasteiger partial charge in [-0.1, -0.05) is 86.5 Å². The molecule has 29 heavy (non-hydrogen) atoms. The maximum atomic E-state index is 9.32. The fraction of sp³-hybridized carbons (Fsp3) is 1.00. The van der Waals surface area contributed by atoms with Gasteiger partial charge < -0.3 is 9.84 Å². The third kappa shape index (κ3) is 17.3. The molecule has 0 aromatic rings. The van der Waals surface area contributed by atoms with Crippen LogP contribution in [0.4, 0.5) is 0 Å². The van der Waals surface area contributed by atoms with E-state index in [9.17, 15) is 5.11 Å². The zero-order valence-corrected chi connectivity index (χ0v) is 21.4. The summed E-state index contributed by atoms with van der Waals surface area (Å²) in [7, 11) is 0. The average molecular weight is 413 g/mol. The van der Waals surface area contributed by atoms with E-state index in [-0.39, 0.29) is 0 Å². The van der Waals surface area contributed by atoms with E-state index in [1.165, 1.54) is 64.2 Å². The molecule has 176 valence electrons. The van der Waals surface area contributed by atoms with Gasteiger partial charge in [0.25, 0.3) is 0 Å². The van der Waals surface area contributed by atoms with Crippen LogP contribution in [0.5, 0.6) is 0 Å². The molecule has 1 N–H and O–H groups in total. The fourth-order valence-electron chi connectivity index (χ4n) is 4.42. The summed E-state index contributed by atoms with van der Waals surface area (Å²) < 4.78 is 5.35. The Morgan fingerprint density at radius 2 is 1.45 bits per heavy atom. The Hall–Kier alpha value is -0.0800. The summed E-state index contributed by atoms with van der Waals surface area (Å²) >= 11 is 0. The first-order chi connectivity index (χ1) is 13.6. The zero-order valence-electron chi connectivity index (χ0n) is 21.4. The minimum absolute atomic E-state index is 0.392. The van der Waals surface area contributed by atoms with E-state index in [4.69, 9.17) is 4.74 Å². The van der Waals surface area contributed by atoms with Gasteiger partial charge in [0, 0.05) is 13.2 Å². The quantitative estimate of drug-likeness (QED) is 0.331. The van der Waals surface area contributed by atoms with E-state index >= 15 is 0 Å². The van der Waals surface area contributed by atoms with Gasteiger partial charge in [-0.3, -0.25) is 0 Å². The van der Waals surface area contributed by atoms with Crippen LogP contribution in [0.2, 0.25) is 0 Å². The van der Waals surface area contributed by atoms with Crippen molar-refractivity contribution in [3.63, 3.8) is 0 Å². The maximum absolute atomic E-state index is 9.32. The van der Waals surface area contributed by atoms with E-state index < -0.39 is 0 Å². The van der Waals surface area contributed by atoms with Crippen molar-refractivity contribution in [1.82, 2.24) is 0 Å². The smallest absolute Gasteiger partial charge is 0.0518 e. The van der Waals surface area contributed by atoms with Crippen LogP contribution >= 0.6 is 0 Å². The highest BCUT2D eigenvalue weighted by Gasteiger charge is 2.26. The Morgan fingerprint density at radius 3 is 1.97 bits per heavy atom. The largest absolute Gasteiger partial charge is 0.396 e. The van der Waals surface area contributed by atoms with Crippen molar-refractivity contribution >= 4 is 0 Å². The molecule has 1 saturated carbocycles. The van der Waals surface area contributed by atoms with Crippen LogP contribution in [-0.4, -0.2) is 24.4 Å². The van der Waals surface area contributed by atoms with Crippen LogP contribution in [0.15, 0.2) is 0 Å². The lowest BCUT2D eigenvalue weighted by atomic mass is 9.73. The van der Waals surface area contributed by atoms with Crippen LogP contribution in [0, 0.1) is 35.5 Å². The van der Waals surface area contributed by atoms with E-state index in [0.717, 1.165) is 36.2 Å². The van der Waals surface area contributed by atoms with Crippen molar-refractivity contribution in [1.29, 1.82) is 0 Å². The molecule has 0 heterocycles. The standard InChI is InChI=1S/C19H38O.C8H18O/c1-15(2)7-5-8-16(3)9-6-10-18-11-12-19(14-20)17(4)13-18;1-7(2)5-6-9-8(3)4/h15-20H,5-14H2,1-4H3;7-8H,5-6H2,1-4H3. The molecule has 0 saturated heterocycles.